The molecule has 1 atom stereocenters. The molecule has 0 aliphatic carbocycles. The summed E-state index contributed by atoms with van der Waals surface area (Å²) in [5.41, 5.74) is 0.997. The number of amides is 1. The van der Waals surface area contributed by atoms with Gasteiger partial charge >= 0.3 is 0 Å². The van der Waals surface area contributed by atoms with Gasteiger partial charge in [-0.25, -0.2) is 0 Å². The Hall–Kier alpha value is -1.55. The number of rotatable bonds is 4. The van der Waals surface area contributed by atoms with E-state index in [0.717, 1.165) is 5.56 Å². The standard InChI is InChI=1S/C12H18N2O2/c1-9(13-2)12(16)14(3)8-10-4-6-11(15)7-5-10/h4-7,9,13,15H,8H2,1-3H3. The molecular formula is C12H18N2O2. The van der Waals surface area contributed by atoms with Crippen molar-refractivity contribution < 1.29 is 9.90 Å². The van der Waals surface area contributed by atoms with Crippen LogP contribution in [0, 0.1) is 0 Å². The lowest BCUT2D eigenvalue weighted by Gasteiger charge is -2.21. The maximum absolute atomic E-state index is 11.8. The summed E-state index contributed by atoms with van der Waals surface area (Å²) in [4.78, 5) is 13.4. The minimum absolute atomic E-state index is 0.0515. The van der Waals surface area contributed by atoms with E-state index in [2.05, 4.69) is 5.32 Å². The van der Waals surface area contributed by atoms with E-state index in [1.165, 1.54) is 0 Å². The van der Waals surface area contributed by atoms with Gasteiger partial charge in [-0.3, -0.25) is 4.79 Å². The van der Waals surface area contributed by atoms with Crippen LogP contribution < -0.4 is 5.32 Å². The summed E-state index contributed by atoms with van der Waals surface area (Å²) >= 11 is 0. The van der Waals surface area contributed by atoms with Crippen LogP contribution in [0.2, 0.25) is 0 Å². The van der Waals surface area contributed by atoms with Crippen molar-refractivity contribution in [2.45, 2.75) is 19.5 Å². The molecule has 0 aliphatic heterocycles. The number of benzene rings is 1. The Morgan fingerprint density at radius 1 is 1.44 bits per heavy atom. The van der Waals surface area contributed by atoms with Gasteiger partial charge in [-0.15, -0.1) is 0 Å². The molecule has 0 saturated heterocycles. The lowest BCUT2D eigenvalue weighted by atomic mass is 10.2. The third-order valence-electron chi connectivity index (χ3n) is 2.54. The van der Waals surface area contributed by atoms with E-state index in [0.29, 0.717) is 6.54 Å². The highest BCUT2D eigenvalue weighted by Crippen LogP contribution is 2.11. The predicted octanol–water partition coefficient (Wildman–Crippen LogP) is 0.958. The van der Waals surface area contributed by atoms with Crippen molar-refractivity contribution in [3.63, 3.8) is 0 Å². The van der Waals surface area contributed by atoms with Crippen molar-refractivity contribution in [2.24, 2.45) is 0 Å². The SMILES string of the molecule is CNC(C)C(=O)N(C)Cc1ccc(O)cc1. The Morgan fingerprint density at radius 2 is 2.00 bits per heavy atom. The van der Waals surface area contributed by atoms with Crippen LogP contribution in [0.1, 0.15) is 12.5 Å². The van der Waals surface area contributed by atoms with Crippen molar-refractivity contribution in [3.8, 4) is 5.75 Å². The Morgan fingerprint density at radius 3 is 2.50 bits per heavy atom. The molecule has 1 aromatic carbocycles. The average molecular weight is 222 g/mol. The number of nitrogens with zero attached hydrogens (tertiary/aromatic N) is 1. The normalized spacial score (nSPS) is 12.2. The van der Waals surface area contributed by atoms with Crippen LogP contribution in [0.5, 0.6) is 5.75 Å². The number of nitrogens with one attached hydrogen (secondary N) is 1. The van der Waals surface area contributed by atoms with Crippen LogP contribution in [0.4, 0.5) is 0 Å². The maximum atomic E-state index is 11.8. The molecule has 88 valence electrons. The van der Waals surface area contributed by atoms with E-state index in [-0.39, 0.29) is 17.7 Å². The smallest absolute Gasteiger partial charge is 0.239 e. The number of phenols is 1. The lowest BCUT2D eigenvalue weighted by molar-refractivity contribution is -0.132. The summed E-state index contributed by atoms with van der Waals surface area (Å²) in [6, 6.07) is 6.68. The fourth-order valence-corrected chi connectivity index (χ4v) is 1.41. The van der Waals surface area contributed by atoms with Gasteiger partial charge in [0.25, 0.3) is 0 Å². The van der Waals surface area contributed by atoms with Gasteiger partial charge in [-0.1, -0.05) is 12.1 Å². The number of carbonyl (C=O) groups excluding carboxylic acids is 1. The summed E-state index contributed by atoms with van der Waals surface area (Å²) in [6.45, 7) is 2.38. The Balaban J connectivity index is 2.60. The molecule has 0 bridgehead atoms. The zero-order valence-corrected chi connectivity index (χ0v) is 9.90. The summed E-state index contributed by atoms with van der Waals surface area (Å²) in [6.07, 6.45) is 0. The second-order valence-corrected chi connectivity index (χ2v) is 3.87. The van der Waals surface area contributed by atoms with Gasteiger partial charge in [0.05, 0.1) is 6.04 Å². The van der Waals surface area contributed by atoms with Crippen LogP contribution in [0.3, 0.4) is 0 Å². The topological polar surface area (TPSA) is 52.6 Å². The Labute approximate surface area is 95.9 Å². The predicted molar refractivity (Wildman–Crippen MR) is 63.1 cm³/mol. The summed E-state index contributed by atoms with van der Waals surface area (Å²) in [7, 11) is 3.53. The molecule has 1 rings (SSSR count). The van der Waals surface area contributed by atoms with Crippen molar-refractivity contribution in [1.82, 2.24) is 10.2 Å². The van der Waals surface area contributed by atoms with E-state index in [1.807, 2.05) is 19.1 Å². The maximum Gasteiger partial charge on any atom is 0.239 e. The number of hydrogen-bond acceptors (Lipinski definition) is 3. The van der Waals surface area contributed by atoms with Gasteiger partial charge in [0.2, 0.25) is 5.91 Å². The molecule has 0 aliphatic rings. The Kier molecular flexibility index (Phi) is 4.31. The summed E-state index contributed by atoms with van der Waals surface area (Å²) in [5.74, 6) is 0.289. The zero-order chi connectivity index (χ0) is 12.1. The van der Waals surface area contributed by atoms with Crippen LogP contribution in [0.25, 0.3) is 0 Å². The van der Waals surface area contributed by atoms with Crippen LogP contribution >= 0.6 is 0 Å². The van der Waals surface area contributed by atoms with E-state index < -0.39 is 0 Å². The molecule has 0 saturated carbocycles. The van der Waals surface area contributed by atoms with Gasteiger partial charge in [-0.2, -0.15) is 0 Å². The van der Waals surface area contributed by atoms with Gasteiger partial charge < -0.3 is 15.3 Å². The van der Waals surface area contributed by atoms with Crippen LogP contribution in [-0.4, -0.2) is 36.1 Å². The molecule has 0 fully saturated rings. The van der Waals surface area contributed by atoms with E-state index >= 15 is 0 Å². The first kappa shape index (κ1) is 12.5. The number of aromatic hydroxyl groups is 1. The first-order valence-corrected chi connectivity index (χ1v) is 5.24. The number of likely N-dealkylation sites (N-methyl/N-ethyl adjacent to an activating group) is 2. The fraction of sp³-hybridized carbons (Fsp3) is 0.417. The van der Waals surface area contributed by atoms with Crippen molar-refractivity contribution >= 4 is 5.91 Å². The first-order chi connectivity index (χ1) is 7.54. The van der Waals surface area contributed by atoms with Crippen LogP contribution in [0.15, 0.2) is 24.3 Å². The number of phenolic OH excluding ortho intramolecular Hbond substituents is 1. The summed E-state index contributed by atoms with van der Waals surface area (Å²) in [5, 5.41) is 12.0. The van der Waals surface area contributed by atoms with Gasteiger partial charge in [0.15, 0.2) is 0 Å². The zero-order valence-electron chi connectivity index (χ0n) is 9.90. The largest absolute Gasteiger partial charge is 0.508 e. The molecule has 0 spiro atoms. The van der Waals surface area contributed by atoms with E-state index in [1.54, 1.807) is 31.1 Å². The van der Waals surface area contributed by atoms with Gasteiger partial charge in [0.1, 0.15) is 5.75 Å². The molecule has 2 N–H and O–H groups in total. The van der Waals surface area contributed by atoms with Gasteiger partial charge in [-0.05, 0) is 31.7 Å². The molecule has 4 heteroatoms. The minimum atomic E-state index is -0.179. The fourth-order valence-electron chi connectivity index (χ4n) is 1.41. The first-order valence-electron chi connectivity index (χ1n) is 5.24. The highest BCUT2D eigenvalue weighted by Gasteiger charge is 2.15. The van der Waals surface area contributed by atoms with Crippen molar-refractivity contribution in [3.05, 3.63) is 29.8 Å². The number of carbonyl (C=O) groups is 1. The molecule has 1 aromatic rings. The van der Waals surface area contributed by atoms with E-state index in [4.69, 9.17) is 5.11 Å². The lowest BCUT2D eigenvalue weighted by Crippen LogP contribution is -2.41. The molecule has 0 aromatic heterocycles. The van der Waals surface area contributed by atoms with Crippen molar-refractivity contribution in [2.75, 3.05) is 14.1 Å². The van der Waals surface area contributed by atoms with Crippen molar-refractivity contribution in [1.29, 1.82) is 0 Å². The van der Waals surface area contributed by atoms with Gasteiger partial charge in [0, 0.05) is 13.6 Å². The van der Waals surface area contributed by atoms with E-state index in [9.17, 15) is 4.79 Å². The minimum Gasteiger partial charge on any atom is -0.508 e. The molecule has 1 unspecified atom stereocenters. The van der Waals surface area contributed by atoms with Crippen LogP contribution in [-0.2, 0) is 11.3 Å². The highest BCUT2D eigenvalue weighted by atomic mass is 16.3. The third kappa shape index (κ3) is 3.24. The Bertz CT molecular complexity index is 349. The molecular weight excluding hydrogens is 204 g/mol. The molecule has 16 heavy (non-hydrogen) atoms. The third-order valence-corrected chi connectivity index (χ3v) is 2.54. The monoisotopic (exact) mass is 222 g/mol. The second kappa shape index (κ2) is 5.51. The quantitative estimate of drug-likeness (QED) is 0.797. The average Bonchev–Trinajstić information content (AvgIpc) is 2.30. The summed E-state index contributed by atoms with van der Waals surface area (Å²) < 4.78 is 0. The second-order valence-electron chi connectivity index (χ2n) is 3.87. The molecule has 0 heterocycles. The molecule has 1 amide bonds. The molecule has 4 nitrogen and oxygen atoms in total. The molecule has 0 radical (unpaired) electrons. The number of hydrogen-bond donors (Lipinski definition) is 2. The highest BCUT2D eigenvalue weighted by molar-refractivity contribution is 5.81.